The number of ether oxygens (including phenoxy) is 1. The lowest BCUT2D eigenvalue weighted by Crippen LogP contribution is -2.22. The van der Waals surface area contributed by atoms with Crippen LogP contribution in [0.25, 0.3) is 0 Å². The Balaban J connectivity index is 2.79. The van der Waals surface area contributed by atoms with Gasteiger partial charge in [-0.3, -0.25) is 0 Å². The van der Waals surface area contributed by atoms with Gasteiger partial charge in [-0.25, -0.2) is 4.39 Å². The summed E-state index contributed by atoms with van der Waals surface area (Å²) in [5.41, 5.74) is 0.746. The highest BCUT2D eigenvalue weighted by molar-refractivity contribution is 5.31. The fourth-order valence-corrected chi connectivity index (χ4v) is 2.38. The van der Waals surface area contributed by atoms with Crippen molar-refractivity contribution < 1.29 is 9.13 Å². The van der Waals surface area contributed by atoms with E-state index in [0.717, 1.165) is 24.9 Å². The molecular weight excluding hydrogens is 229 g/mol. The van der Waals surface area contributed by atoms with Crippen LogP contribution in [0.5, 0.6) is 5.75 Å². The molecule has 0 aliphatic rings. The molecule has 1 N–H and O–H groups in total. The van der Waals surface area contributed by atoms with Gasteiger partial charge in [0.1, 0.15) is 0 Å². The summed E-state index contributed by atoms with van der Waals surface area (Å²) in [4.78, 5) is 0. The van der Waals surface area contributed by atoms with E-state index in [1.807, 2.05) is 19.2 Å². The average Bonchev–Trinajstić information content (AvgIpc) is 2.31. The average molecular weight is 253 g/mol. The monoisotopic (exact) mass is 253 g/mol. The summed E-state index contributed by atoms with van der Waals surface area (Å²) in [5, 5.41) is 3.19. The summed E-state index contributed by atoms with van der Waals surface area (Å²) in [7, 11) is 3.44. The van der Waals surface area contributed by atoms with Crippen LogP contribution in [0.4, 0.5) is 4.39 Å². The molecule has 0 radical (unpaired) electrons. The molecule has 0 bridgehead atoms. The first-order chi connectivity index (χ1) is 8.58. The van der Waals surface area contributed by atoms with Crippen LogP contribution in [-0.2, 0) is 6.42 Å². The fraction of sp³-hybridized carbons (Fsp3) is 0.600. The van der Waals surface area contributed by atoms with Crippen molar-refractivity contribution in [2.24, 2.45) is 11.8 Å². The van der Waals surface area contributed by atoms with E-state index in [0.29, 0.717) is 17.6 Å². The maximum absolute atomic E-state index is 14.1. The van der Waals surface area contributed by atoms with Gasteiger partial charge >= 0.3 is 0 Å². The third-order valence-electron chi connectivity index (χ3n) is 3.07. The van der Waals surface area contributed by atoms with Crippen LogP contribution in [0.3, 0.4) is 0 Å². The second kappa shape index (κ2) is 7.37. The molecule has 102 valence electrons. The van der Waals surface area contributed by atoms with E-state index in [-0.39, 0.29) is 5.82 Å². The summed E-state index contributed by atoms with van der Waals surface area (Å²) in [5.74, 6) is 1.19. The van der Waals surface area contributed by atoms with Gasteiger partial charge in [0.15, 0.2) is 11.6 Å². The Morgan fingerprint density at radius 3 is 2.61 bits per heavy atom. The molecular formula is C15H24FNO. The number of hydrogen-bond acceptors (Lipinski definition) is 2. The van der Waals surface area contributed by atoms with Crippen LogP contribution in [0, 0.1) is 17.7 Å². The molecule has 0 fully saturated rings. The zero-order chi connectivity index (χ0) is 13.5. The molecule has 1 rings (SSSR count). The van der Waals surface area contributed by atoms with Gasteiger partial charge in [-0.1, -0.05) is 26.0 Å². The van der Waals surface area contributed by atoms with Crippen LogP contribution < -0.4 is 10.1 Å². The molecule has 18 heavy (non-hydrogen) atoms. The number of benzene rings is 1. The number of rotatable bonds is 7. The van der Waals surface area contributed by atoms with Crippen molar-refractivity contribution in [1.29, 1.82) is 0 Å². The van der Waals surface area contributed by atoms with Crippen LogP contribution in [0.15, 0.2) is 18.2 Å². The molecule has 1 atom stereocenters. The van der Waals surface area contributed by atoms with E-state index in [4.69, 9.17) is 4.74 Å². The fourth-order valence-electron chi connectivity index (χ4n) is 2.38. The zero-order valence-corrected chi connectivity index (χ0v) is 11.8. The van der Waals surface area contributed by atoms with Crippen molar-refractivity contribution in [2.45, 2.75) is 26.7 Å². The Morgan fingerprint density at radius 2 is 2.06 bits per heavy atom. The quantitative estimate of drug-likeness (QED) is 0.805. The zero-order valence-electron chi connectivity index (χ0n) is 11.8. The van der Waals surface area contributed by atoms with E-state index in [2.05, 4.69) is 19.2 Å². The predicted octanol–water partition coefficient (Wildman–Crippen LogP) is 3.26. The Bertz CT molecular complexity index is 366. The normalized spacial score (nSPS) is 12.8. The predicted molar refractivity (Wildman–Crippen MR) is 73.5 cm³/mol. The molecule has 1 aromatic carbocycles. The van der Waals surface area contributed by atoms with Crippen molar-refractivity contribution in [3.05, 3.63) is 29.6 Å². The molecule has 0 aromatic heterocycles. The Hall–Kier alpha value is -1.09. The van der Waals surface area contributed by atoms with Gasteiger partial charge in [0, 0.05) is 0 Å². The van der Waals surface area contributed by atoms with Crippen LogP contribution >= 0.6 is 0 Å². The van der Waals surface area contributed by atoms with Crippen LogP contribution in [0.1, 0.15) is 25.8 Å². The molecule has 0 saturated carbocycles. The summed E-state index contributed by atoms with van der Waals surface area (Å²) in [6, 6.07) is 5.36. The van der Waals surface area contributed by atoms with Gasteiger partial charge in [0.25, 0.3) is 0 Å². The van der Waals surface area contributed by atoms with Crippen LogP contribution in [-0.4, -0.2) is 20.7 Å². The highest BCUT2D eigenvalue weighted by atomic mass is 19.1. The Labute approximate surface area is 110 Å². The molecule has 0 amide bonds. The molecule has 3 heteroatoms. The molecule has 1 aromatic rings. The van der Waals surface area contributed by atoms with Crippen LogP contribution in [0.2, 0.25) is 0 Å². The molecule has 0 heterocycles. The molecule has 0 aliphatic carbocycles. The van der Waals surface area contributed by atoms with Gasteiger partial charge < -0.3 is 10.1 Å². The van der Waals surface area contributed by atoms with Crippen molar-refractivity contribution in [2.75, 3.05) is 20.7 Å². The van der Waals surface area contributed by atoms with Gasteiger partial charge in [0.05, 0.1) is 7.11 Å². The lowest BCUT2D eigenvalue weighted by atomic mass is 9.90. The standard InChI is InChI=1S/C15H24FNO/c1-11(2)8-12(10-17-3)9-13-6-5-7-14(18-4)15(13)16/h5-7,11-12,17H,8-10H2,1-4H3. The minimum Gasteiger partial charge on any atom is -0.494 e. The Morgan fingerprint density at radius 1 is 1.33 bits per heavy atom. The van der Waals surface area contributed by atoms with E-state index >= 15 is 0 Å². The minimum absolute atomic E-state index is 0.218. The lowest BCUT2D eigenvalue weighted by molar-refractivity contribution is 0.370. The third kappa shape index (κ3) is 4.30. The van der Waals surface area contributed by atoms with Gasteiger partial charge in [-0.05, 0) is 49.9 Å². The lowest BCUT2D eigenvalue weighted by Gasteiger charge is -2.19. The summed E-state index contributed by atoms with van der Waals surface area (Å²) in [6.07, 6.45) is 1.85. The number of nitrogens with one attached hydrogen (secondary N) is 1. The van der Waals surface area contributed by atoms with E-state index in [1.54, 1.807) is 6.07 Å². The molecule has 0 saturated heterocycles. The van der Waals surface area contributed by atoms with Gasteiger partial charge in [-0.15, -0.1) is 0 Å². The van der Waals surface area contributed by atoms with E-state index in [9.17, 15) is 4.39 Å². The summed E-state index contributed by atoms with van der Waals surface area (Å²) >= 11 is 0. The summed E-state index contributed by atoms with van der Waals surface area (Å²) < 4.78 is 19.1. The third-order valence-corrected chi connectivity index (χ3v) is 3.07. The minimum atomic E-state index is -0.218. The van der Waals surface area contributed by atoms with Crippen molar-refractivity contribution >= 4 is 0 Å². The first-order valence-electron chi connectivity index (χ1n) is 6.54. The highest BCUT2D eigenvalue weighted by Crippen LogP contribution is 2.24. The van der Waals surface area contributed by atoms with E-state index in [1.165, 1.54) is 7.11 Å². The molecule has 2 nitrogen and oxygen atoms in total. The largest absolute Gasteiger partial charge is 0.494 e. The van der Waals surface area contributed by atoms with Crippen molar-refractivity contribution in [3.63, 3.8) is 0 Å². The second-order valence-corrected chi connectivity index (χ2v) is 5.19. The summed E-state index contributed by atoms with van der Waals surface area (Å²) in [6.45, 7) is 5.31. The van der Waals surface area contributed by atoms with Crippen molar-refractivity contribution in [1.82, 2.24) is 5.32 Å². The number of halogens is 1. The highest BCUT2D eigenvalue weighted by Gasteiger charge is 2.15. The maximum atomic E-state index is 14.1. The maximum Gasteiger partial charge on any atom is 0.168 e. The topological polar surface area (TPSA) is 21.3 Å². The molecule has 0 aliphatic heterocycles. The smallest absolute Gasteiger partial charge is 0.168 e. The number of methoxy groups -OCH3 is 1. The number of hydrogen-bond donors (Lipinski definition) is 1. The first kappa shape index (κ1) is 15.0. The van der Waals surface area contributed by atoms with Gasteiger partial charge in [0.2, 0.25) is 0 Å². The second-order valence-electron chi connectivity index (χ2n) is 5.19. The van der Waals surface area contributed by atoms with E-state index < -0.39 is 0 Å². The Kier molecular flexibility index (Phi) is 6.13. The SMILES string of the molecule is CNCC(Cc1cccc(OC)c1F)CC(C)C. The van der Waals surface area contributed by atoms with Gasteiger partial charge in [-0.2, -0.15) is 0 Å². The molecule has 1 unspecified atom stereocenters. The molecule has 0 spiro atoms. The first-order valence-corrected chi connectivity index (χ1v) is 6.54. The van der Waals surface area contributed by atoms with Crippen molar-refractivity contribution in [3.8, 4) is 5.75 Å².